The van der Waals surface area contributed by atoms with Crippen LogP contribution in [0.15, 0.2) is 0 Å². The molecule has 50 valence electrons. The van der Waals surface area contributed by atoms with Crippen LogP contribution < -0.4 is 5.32 Å². The molecule has 1 fully saturated rings. The van der Waals surface area contributed by atoms with E-state index < -0.39 is 0 Å². The summed E-state index contributed by atoms with van der Waals surface area (Å²) in [7, 11) is 0. The van der Waals surface area contributed by atoms with Gasteiger partial charge < -0.3 is 5.32 Å². The zero-order chi connectivity index (χ0) is 7.11. The van der Waals surface area contributed by atoms with Crippen molar-refractivity contribution in [1.29, 1.82) is 5.41 Å². The number of hydrogen-bond acceptors (Lipinski definition) is 3. The predicted molar refractivity (Wildman–Crippen MR) is 30.7 cm³/mol. The lowest BCUT2D eigenvalue weighted by Crippen LogP contribution is -2.12. The van der Waals surface area contributed by atoms with Crippen LogP contribution in [-0.2, 0) is 9.59 Å². The Morgan fingerprint density at radius 3 is 2.33 bits per heavy atom. The van der Waals surface area contributed by atoms with Crippen LogP contribution in [0.1, 0.15) is 12.8 Å². The van der Waals surface area contributed by atoms with Gasteiger partial charge in [-0.05, 0) is 6.42 Å². The molecular weight excluding hydrogens is 120 g/mol. The molecule has 1 saturated heterocycles. The molecule has 0 unspecified atom stereocenters. The third-order valence-electron chi connectivity index (χ3n) is 0.903. The van der Waals surface area contributed by atoms with Crippen molar-refractivity contribution in [2.45, 2.75) is 12.8 Å². The van der Waals surface area contributed by atoms with Gasteiger partial charge in [0.1, 0.15) is 0 Å². The molecule has 2 N–H and O–H groups in total. The smallest absolute Gasteiger partial charge is 0.231 e. The number of rotatable bonds is 0. The van der Waals surface area contributed by atoms with E-state index in [1.807, 2.05) is 0 Å². The van der Waals surface area contributed by atoms with Gasteiger partial charge in [-0.2, -0.15) is 0 Å². The highest BCUT2D eigenvalue weighted by Gasteiger charge is 2.05. The molecule has 9 heavy (non-hydrogen) atoms. The van der Waals surface area contributed by atoms with Gasteiger partial charge in [-0.1, -0.05) is 0 Å². The molecule has 1 rings (SSSR count). The Bertz CT molecular complexity index is 119. The normalized spacial score (nSPS) is 14.9. The highest BCUT2D eigenvalue weighted by Crippen LogP contribution is 1.93. The first-order valence-electron chi connectivity index (χ1n) is 2.62. The van der Waals surface area contributed by atoms with Crippen molar-refractivity contribution in [2.75, 3.05) is 6.54 Å². The van der Waals surface area contributed by atoms with Crippen molar-refractivity contribution >= 4 is 12.0 Å². The largest absolute Gasteiger partial charge is 0.356 e. The second-order valence-electron chi connectivity index (χ2n) is 1.56. The molecule has 0 aromatic rings. The summed E-state index contributed by atoms with van der Waals surface area (Å²) in [5, 5.41) is 8.08. The molecule has 1 aliphatic rings. The van der Waals surface area contributed by atoms with Crippen molar-refractivity contribution < 1.29 is 9.59 Å². The van der Waals surface area contributed by atoms with Gasteiger partial charge in [0.15, 0.2) is 0 Å². The molecule has 0 bridgehead atoms. The van der Waals surface area contributed by atoms with Gasteiger partial charge in [0.25, 0.3) is 0 Å². The van der Waals surface area contributed by atoms with Crippen molar-refractivity contribution in [3.05, 3.63) is 0 Å². The second-order valence-corrected chi connectivity index (χ2v) is 1.56. The number of isocyanates is 1. The van der Waals surface area contributed by atoms with Crippen LogP contribution in [0.25, 0.3) is 0 Å². The summed E-state index contributed by atoms with van der Waals surface area (Å²) in [6.45, 7) is 0.888. The van der Waals surface area contributed by atoms with Gasteiger partial charge >= 0.3 is 0 Å². The van der Waals surface area contributed by atoms with Crippen molar-refractivity contribution in [3.63, 3.8) is 0 Å². The summed E-state index contributed by atoms with van der Waals surface area (Å²) in [6, 6.07) is 0. The Kier molecular flexibility index (Phi) is 4.36. The average Bonchev–Trinajstić information content (AvgIpc) is 2.20. The molecule has 0 aromatic carbocycles. The lowest BCUT2D eigenvalue weighted by Gasteiger charge is -1.80. The van der Waals surface area contributed by atoms with E-state index in [0.717, 1.165) is 25.5 Å². The van der Waals surface area contributed by atoms with Gasteiger partial charge in [0, 0.05) is 13.0 Å². The van der Waals surface area contributed by atoms with Crippen LogP contribution in [0.4, 0.5) is 0 Å². The molecule has 4 nitrogen and oxygen atoms in total. The summed E-state index contributed by atoms with van der Waals surface area (Å²) >= 11 is 0. The summed E-state index contributed by atoms with van der Waals surface area (Å²) < 4.78 is 0. The molecule has 0 spiro atoms. The van der Waals surface area contributed by atoms with Crippen LogP contribution in [0.5, 0.6) is 0 Å². The Hall–Kier alpha value is -1.15. The molecule has 1 heterocycles. The Labute approximate surface area is 52.8 Å². The van der Waals surface area contributed by atoms with Crippen LogP contribution in [0, 0.1) is 5.41 Å². The quantitative estimate of drug-likeness (QED) is 0.350. The van der Waals surface area contributed by atoms with E-state index in [1.165, 1.54) is 0 Å². The van der Waals surface area contributed by atoms with Gasteiger partial charge in [-0.15, -0.1) is 0 Å². The SMILES string of the molecule is N=C=O.O=C1CCCN1. The van der Waals surface area contributed by atoms with E-state index in [0.29, 0.717) is 0 Å². The zero-order valence-corrected chi connectivity index (χ0v) is 4.94. The fourth-order valence-electron chi connectivity index (χ4n) is 0.565. The maximum Gasteiger partial charge on any atom is 0.231 e. The third kappa shape index (κ3) is 4.71. The van der Waals surface area contributed by atoms with Gasteiger partial charge in [-0.3, -0.25) is 4.79 Å². The molecule has 1 aliphatic heterocycles. The highest BCUT2D eigenvalue weighted by atomic mass is 16.1. The molecular formula is C5H8N2O2. The fourth-order valence-corrected chi connectivity index (χ4v) is 0.565. The van der Waals surface area contributed by atoms with Crippen LogP contribution >= 0.6 is 0 Å². The minimum Gasteiger partial charge on any atom is -0.356 e. The predicted octanol–water partition coefficient (Wildman–Crippen LogP) is -0.203. The summed E-state index contributed by atoms with van der Waals surface area (Å²) in [6.07, 6.45) is 2.51. The molecule has 0 atom stereocenters. The Morgan fingerprint density at radius 1 is 1.67 bits per heavy atom. The van der Waals surface area contributed by atoms with Gasteiger partial charge in [0.05, 0.1) is 0 Å². The van der Waals surface area contributed by atoms with E-state index in [-0.39, 0.29) is 5.91 Å². The minimum absolute atomic E-state index is 0.204. The molecule has 0 aromatic heterocycles. The number of carbonyl (C=O) groups excluding carboxylic acids is 2. The number of amides is 1. The minimum atomic E-state index is 0.204. The molecule has 1 amide bonds. The average molecular weight is 128 g/mol. The summed E-state index contributed by atoms with van der Waals surface area (Å²) in [4.78, 5) is 18.5. The number of hydrogen-bond donors (Lipinski definition) is 2. The van der Waals surface area contributed by atoms with Crippen molar-refractivity contribution in [1.82, 2.24) is 5.32 Å². The monoisotopic (exact) mass is 128 g/mol. The van der Waals surface area contributed by atoms with Gasteiger partial charge in [0.2, 0.25) is 12.0 Å². The highest BCUT2D eigenvalue weighted by molar-refractivity contribution is 5.77. The van der Waals surface area contributed by atoms with Crippen LogP contribution in [0.3, 0.4) is 0 Å². The molecule has 0 saturated carbocycles. The van der Waals surface area contributed by atoms with Crippen molar-refractivity contribution in [3.8, 4) is 0 Å². The number of nitrogens with one attached hydrogen (secondary N) is 2. The lowest BCUT2D eigenvalue weighted by molar-refractivity contribution is -0.119. The van der Waals surface area contributed by atoms with Crippen LogP contribution in [-0.4, -0.2) is 18.5 Å². The molecule has 0 aliphatic carbocycles. The van der Waals surface area contributed by atoms with E-state index in [1.54, 1.807) is 0 Å². The van der Waals surface area contributed by atoms with Gasteiger partial charge in [-0.25, -0.2) is 10.2 Å². The molecule has 0 radical (unpaired) electrons. The zero-order valence-electron chi connectivity index (χ0n) is 4.94. The van der Waals surface area contributed by atoms with Crippen molar-refractivity contribution in [2.24, 2.45) is 0 Å². The first kappa shape index (κ1) is 7.85. The maximum absolute atomic E-state index is 10.1. The van der Waals surface area contributed by atoms with E-state index in [9.17, 15) is 4.79 Å². The number of carbonyl (C=O) groups is 1. The fraction of sp³-hybridized carbons (Fsp3) is 0.600. The van der Waals surface area contributed by atoms with E-state index in [4.69, 9.17) is 10.2 Å². The van der Waals surface area contributed by atoms with E-state index in [2.05, 4.69) is 5.32 Å². The maximum atomic E-state index is 10.1. The topological polar surface area (TPSA) is 70.0 Å². The summed E-state index contributed by atoms with van der Waals surface area (Å²) in [5.41, 5.74) is 0. The van der Waals surface area contributed by atoms with Crippen LogP contribution in [0.2, 0.25) is 0 Å². The first-order chi connectivity index (χ1) is 4.31. The Balaban J connectivity index is 0.000000187. The second kappa shape index (κ2) is 5.00. The molecule has 4 heteroatoms. The van der Waals surface area contributed by atoms with E-state index >= 15 is 0 Å². The Morgan fingerprint density at radius 2 is 2.22 bits per heavy atom. The first-order valence-corrected chi connectivity index (χ1v) is 2.62. The lowest BCUT2D eigenvalue weighted by atomic mass is 10.4. The standard InChI is InChI=1S/C4H7NO.CHNO/c6-4-2-1-3-5-4;2-1-3/h1-3H2,(H,5,6);2H. The third-order valence-corrected chi connectivity index (χ3v) is 0.903. The summed E-state index contributed by atoms with van der Waals surface area (Å²) in [5.74, 6) is 0.204.